The van der Waals surface area contributed by atoms with Gasteiger partial charge in [0, 0.05) is 56.9 Å². The minimum atomic E-state index is -0.846. The number of amides is 5. The second-order valence-corrected chi connectivity index (χ2v) is 14.9. The third-order valence-electron chi connectivity index (χ3n) is 10.2. The molecule has 0 radical (unpaired) electrons. The summed E-state index contributed by atoms with van der Waals surface area (Å²) >= 11 is 6.75. The summed E-state index contributed by atoms with van der Waals surface area (Å²) in [6.07, 6.45) is 5.36. The van der Waals surface area contributed by atoms with E-state index in [2.05, 4.69) is 47.4 Å². The number of phenols is 1. The minimum absolute atomic E-state index is 0.00606. The first kappa shape index (κ1) is 34.5. The first-order valence-corrected chi connectivity index (χ1v) is 18.3. The Balaban J connectivity index is 1.10. The molecule has 2 atom stereocenters. The van der Waals surface area contributed by atoms with Crippen molar-refractivity contribution in [2.24, 2.45) is 0 Å². The van der Waals surface area contributed by atoms with Crippen LogP contribution in [0.15, 0.2) is 45.3 Å². The minimum Gasteiger partial charge on any atom is -0.506 e. The second kappa shape index (κ2) is 15.0. The summed E-state index contributed by atoms with van der Waals surface area (Å²) in [7, 11) is 0. The number of phenolic OH excluding ortho intramolecular Hbond substituents is 1. The largest absolute Gasteiger partial charge is 0.506 e. The lowest BCUT2D eigenvalue weighted by Crippen LogP contribution is -2.58. The van der Waals surface area contributed by atoms with Crippen LogP contribution in [0.2, 0.25) is 0 Å². The van der Waals surface area contributed by atoms with E-state index in [0.717, 1.165) is 36.2 Å². The molecule has 0 saturated carbocycles. The van der Waals surface area contributed by atoms with Crippen LogP contribution in [0.25, 0.3) is 0 Å². The Kier molecular flexibility index (Phi) is 10.8. The number of fused-ring (bicyclic) bond motifs is 1. The van der Waals surface area contributed by atoms with Crippen LogP contribution in [-0.2, 0) is 22.6 Å². The van der Waals surface area contributed by atoms with Gasteiger partial charge in [0.15, 0.2) is 0 Å². The van der Waals surface area contributed by atoms with Crippen LogP contribution in [0.3, 0.4) is 0 Å². The number of piperidine rings is 3. The summed E-state index contributed by atoms with van der Waals surface area (Å²) in [4.78, 5) is 60.0. The summed E-state index contributed by atoms with van der Waals surface area (Å²) < 4.78 is 0.956. The Morgan fingerprint density at radius 1 is 0.896 bits per heavy atom. The molecule has 0 unspecified atom stereocenters. The third-order valence-corrected chi connectivity index (χ3v) is 11.4. The van der Waals surface area contributed by atoms with Gasteiger partial charge in [0.2, 0.25) is 5.91 Å². The zero-order valence-corrected chi connectivity index (χ0v) is 29.9. The number of urea groups is 2. The van der Waals surface area contributed by atoms with E-state index in [-0.39, 0.29) is 42.2 Å². The third kappa shape index (κ3) is 7.60. The Bertz CT molecular complexity index is 1520. The number of halogens is 2. The highest BCUT2D eigenvalue weighted by Crippen LogP contribution is 2.34. The van der Waals surface area contributed by atoms with Crippen molar-refractivity contribution < 1.29 is 29.4 Å². The van der Waals surface area contributed by atoms with Crippen molar-refractivity contribution in [1.82, 2.24) is 24.9 Å². The van der Waals surface area contributed by atoms with Gasteiger partial charge in [0.25, 0.3) is 0 Å². The number of carbonyl (C=O) groups excluding carboxylic acids is 3. The lowest BCUT2D eigenvalue weighted by molar-refractivity contribution is -0.147. The molecule has 2 aromatic rings. The van der Waals surface area contributed by atoms with Crippen molar-refractivity contribution in [3.8, 4) is 5.75 Å². The van der Waals surface area contributed by atoms with Crippen molar-refractivity contribution in [3.63, 3.8) is 0 Å². The summed E-state index contributed by atoms with van der Waals surface area (Å²) in [5, 5.41) is 26.0. The number of para-hydroxylation sites is 1. The van der Waals surface area contributed by atoms with E-state index in [9.17, 15) is 29.4 Å². The zero-order valence-electron chi connectivity index (χ0n) is 26.7. The Hall–Kier alpha value is -3.36. The first-order chi connectivity index (χ1) is 23.1. The number of carbonyl (C=O) groups is 4. The lowest BCUT2D eigenvalue weighted by Gasteiger charge is -2.43. The van der Waals surface area contributed by atoms with Crippen LogP contribution in [0, 0.1) is 0 Å². The maximum absolute atomic E-state index is 14.1. The number of benzene rings is 2. The number of nitrogens with zero attached hydrogens (tertiary/aromatic N) is 4. The number of aliphatic carboxylic acids is 1. The molecule has 2 aromatic carbocycles. The molecule has 4 aliphatic rings. The van der Waals surface area contributed by atoms with E-state index in [1.54, 1.807) is 21.9 Å². The summed E-state index contributed by atoms with van der Waals surface area (Å²) in [5.74, 6) is -0.913. The highest BCUT2D eigenvalue weighted by atomic mass is 79.9. The van der Waals surface area contributed by atoms with Gasteiger partial charge in [-0.2, -0.15) is 0 Å². The van der Waals surface area contributed by atoms with Gasteiger partial charge in [-0.05, 0) is 106 Å². The monoisotopic (exact) mass is 788 g/mol. The van der Waals surface area contributed by atoms with Crippen LogP contribution in [0.5, 0.6) is 5.75 Å². The van der Waals surface area contributed by atoms with Gasteiger partial charge < -0.3 is 35.5 Å². The highest BCUT2D eigenvalue weighted by molar-refractivity contribution is 9.11. The van der Waals surface area contributed by atoms with Gasteiger partial charge in [0.05, 0.1) is 8.95 Å². The van der Waals surface area contributed by atoms with E-state index in [1.165, 1.54) is 0 Å². The molecular formula is C34H42Br2N6O6. The zero-order chi connectivity index (χ0) is 33.9. The van der Waals surface area contributed by atoms with E-state index in [4.69, 9.17) is 0 Å². The van der Waals surface area contributed by atoms with Gasteiger partial charge >= 0.3 is 18.0 Å². The van der Waals surface area contributed by atoms with Gasteiger partial charge in [-0.3, -0.25) is 14.5 Å². The maximum Gasteiger partial charge on any atom is 0.322 e. The molecule has 48 heavy (non-hydrogen) atoms. The van der Waals surface area contributed by atoms with E-state index in [0.29, 0.717) is 73.8 Å². The average molecular weight is 791 g/mol. The molecule has 0 bridgehead atoms. The van der Waals surface area contributed by atoms with Crippen LogP contribution in [0.4, 0.5) is 15.3 Å². The van der Waals surface area contributed by atoms with Gasteiger partial charge in [-0.15, -0.1) is 0 Å². The molecule has 14 heteroatoms. The summed E-state index contributed by atoms with van der Waals surface area (Å²) in [5.41, 5.74) is 2.65. The van der Waals surface area contributed by atoms with Crippen molar-refractivity contribution >= 4 is 61.5 Å². The molecule has 0 aliphatic carbocycles. The predicted octanol–water partition coefficient (Wildman–Crippen LogP) is 4.98. The molecule has 4 heterocycles. The molecule has 0 aromatic heterocycles. The van der Waals surface area contributed by atoms with Crippen LogP contribution < -0.4 is 10.6 Å². The Morgan fingerprint density at radius 3 is 2.23 bits per heavy atom. The number of anilines is 1. The van der Waals surface area contributed by atoms with Gasteiger partial charge in [-0.25, -0.2) is 9.59 Å². The Labute approximate surface area is 297 Å². The number of hydrogen-bond donors (Lipinski definition) is 4. The maximum atomic E-state index is 14.1. The smallest absolute Gasteiger partial charge is 0.322 e. The van der Waals surface area contributed by atoms with Crippen molar-refractivity contribution in [1.29, 1.82) is 0 Å². The van der Waals surface area contributed by atoms with Crippen LogP contribution >= 0.6 is 31.9 Å². The fourth-order valence-corrected chi connectivity index (χ4v) is 8.89. The summed E-state index contributed by atoms with van der Waals surface area (Å²) in [6.45, 7) is 3.14. The lowest BCUT2D eigenvalue weighted by atomic mass is 9.94. The number of carboxylic acids is 1. The fraction of sp³-hybridized carbons (Fsp3) is 0.529. The number of carboxylic acid groups (broad SMARTS) is 1. The molecule has 6 rings (SSSR count). The molecule has 3 saturated heterocycles. The first-order valence-electron chi connectivity index (χ1n) is 16.7. The molecule has 0 spiro atoms. The van der Waals surface area contributed by atoms with E-state index in [1.807, 2.05) is 29.2 Å². The molecule has 5 amide bonds. The average Bonchev–Trinajstić information content (AvgIpc) is 3.09. The number of rotatable bonds is 7. The number of aromatic hydroxyl groups is 1. The molecule has 4 N–H and O–H groups in total. The van der Waals surface area contributed by atoms with Crippen molar-refractivity contribution in [3.05, 3.63) is 56.5 Å². The SMILES string of the molecule is O=C(O)[C@H]1CCCCN1C1CCN(C(=O)[C@@H](Cc2cc(Br)c(O)c(Br)c2)NC(=O)N2CCC(N3Cc4ccccc4NC3=O)CC2)CC1. The predicted molar refractivity (Wildman–Crippen MR) is 187 cm³/mol. The van der Waals surface area contributed by atoms with E-state index < -0.39 is 18.1 Å². The topological polar surface area (TPSA) is 146 Å². The van der Waals surface area contributed by atoms with E-state index >= 15 is 0 Å². The second-order valence-electron chi connectivity index (χ2n) is 13.2. The van der Waals surface area contributed by atoms with Crippen molar-refractivity contribution in [2.75, 3.05) is 38.0 Å². The molecule has 3 fully saturated rings. The molecule has 258 valence electrons. The molecular weight excluding hydrogens is 748 g/mol. The summed E-state index contributed by atoms with van der Waals surface area (Å²) in [6, 6.07) is 9.57. The standard InChI is InChI=1S/C34H42Br2N6O6/c35-25-17-21(18-26(36)30(25)43)19-28(31(44)39-13-8-23(9-14-39)41-12-4-3-7-29(41)32(45)46)38-33(47)40-15-10-24(11-16-40)42-20-22-5-1-2-6-27(22)37-34(42)48/h1-2,5-6,17-18,23-24,28-29,43H,3-4,7-16,19-20H2,(H,37,48)(H,38,47)(H,45,46)/t28-,29-/m1/s1. The Morgan fingerprint density at radius 2 is 1.54 bits per heavy atom. The fourth-order valence-electron chi connectivity index (χ4n) is 7.60. The van der Waals surface area contributed by atoms with Crippen molar-refractivity contribution in [2.45, 2.75) is 82.1 Å². The quantitative estimate of drug-likeness (QED) is 0.310. The van der Waals surface area contributed by atoms with Crippen LogP contribution in [0.1, 0.15) is 56.1 Å². The normalized spacial score (nSPS) is 21.8. The van der Waals surface area contributed by atoms with Gasteiger partial charge in [-0.1, -0.05) is 24.6 Å². The number of nitrogens with one attached hydrogen (secondary N) is 2. The number of likely N-dealkylation sites (tertiary alicyclic amines) is 3. The molecule has 4 aliphatic heterocycles. The molecule has 12 nitrogen and oxygen atoms in total. The van der Waals surface area contributed by atoms with Crippen LogP contribution in [-0.4, -0.2) is 111 Å². The highest BCUT2D eigenvalue weighted by Gasteiger charge is 2.38. The number of hydrogen-bond acceptors (Lipinski definition) is 6. The van der Waals surface area contributed by atoms with Gasteiger partial charge in [0.1, 0.15) is 17.8 Å².